The maximum absolute atomic E-state index is 13.5. The number of ether oxygens (including phenoxy) is 4. The van der Waals surface area contributed by atoms with Crippen LogP contribution in [0.4, 0.5) is 14.5 Å². The number of aromatic nitrogens is 1. The van der Waals surface area contributed by atoms with Gasteiger partial charge in [-0.3, -0.25) is 23.6 Å². The summed E-state index contributed by atoms with van der Waals surface area (Å²) in [6.07, 6.45) is 3.47. The van der Waals surface area contributed by atoms with E-state index in [-0.39, 0.29) is 81.5 Å². The Morgan fingerprint density at radius 2 is 1.75 bits per heavy atom. The number of sulfonamides is 1. The number of benzene rings is 2. The van der Waals surface area contributed by atoms with Crippen LogP contribution in [0.1, 0.15) is 50.8 Å². The van der Waals surface area contributed by atoms with E-state index >= 15 is 0 Å². The Balaban J connectivity index is 1.38. The molecule has 1 aliphatic carbocycles. The van der Waals surface area contributed by atoms with Crippen LogP contribution in [0.15, 0.2) is 48.8 Å². The molecule has 1 atom stereocenters. The number of imide groups is 1. The summed E-state index contributed by atoms with van der Waals surface area (Å²) < 4.78 is 74.4. The molecule has 286 valence electrons. The average molecular weight is 802 g/mol. The van der Waals surface area contributed by atoms with Crippen LogP contribution >= 0.6 is 23.2 Å². The molecule has 19 heteroatoms. The number of amides is 2. The predicted molar refractivity (Wildman–Crippen MR) is 188 cm³/mol. The molecule has 2 heterocycles. The zero-order valence-electron chi connectivity index (χ0n) is 28.6. The third-order valence-corrected chi connectivity index (χ3v) is 10.2. The standard InChI is InChI=1S/C34H36Cl2F2N4O10S/c1-49-12-10-39-9-11-42(53(2,47)48)22-6-7-23-24(14-22)33(45)41(32(23)44)18-31(43)51-29(15-25-26(35)16-40(46)17-27(25)36)21-5-8-28(52-34(37)38)30(13-21)50-19-20-3-4-20/h5-8,13-14,16-17,20,29,34,39H,3-4,9-12,15,18-19H2,1-2H3/t29-/m0/s1. The van der Waals surface area contributed by atoms with Gasteiger partial charge in [-0.15, -0.1) is 0 Å². The molecule has 1 aromatic heterocycles. The van der Waals surface area contributed by atoms with E-state index in [1.165, 1.54) is 43.5 Å². The van der Waals surface area contributed by atoms with Crippen LogP contribution in [0.5, 0.6) is 11.5 Å². The number of carbonyl (C=O) groups is 3. The van der Waals surface area contributed by atoms with Crippen molar-refractivity contribution in [1.29, 1.82) is 0 Å². The van der Waals surface area contributed by atoms with Crippen molar-refractivity contribution in [3.05, 3.63) is 86.3 Å². The van der Waals surface area contributed by atoms with Crippen molar-refractivity contribution in [2.24, 2.45) is 5.92 Å². The fourth-order valence-electron chi connectivity index (χ4n) is 5.53. The molecule has 1 N–H and O–H groups in total. The third-order valence-electron chi connectivity index (χ3n) is 8.35. The van der Waals surface area contributed by atoms with Gasteiger partial charge in [0, 0.05) is 38.7 Å². The van der Waals surface area contributed by atoms with E-state index < -0.39 is 47.1 Å². The van der Waals surface area contributed by atoms with Gasteiger partial charge in [-0.2, -0.15) is 13.5 Å². The number of nitrogens with one attached hydrogen (secondary N) is 1. The van der Waals surface area contributed by atoms with Gasteiger partial charge in [-0.05, 0) is 54.7 Å². The Morgan fingerprint density at radius 1 is 1.06 bits per heavy atom. The van der Waals surface area contributed by atoms with Gasteiger partial charge in [0.1, 0.15) is 22.7 Å². The van der Waals surface area contributed by atoms with Crippen molar-refractivity contribution < 1.29 is 55.3 Å². The van der Waals surface area contributed by atoms with Gasteiger partial charge in [0.15, 0.2) is 23.9 Å². The number of hydrogen-bond acceptors (Lipinski definition) is 11. The minimum Gasteiger partial charge on any atom is -0.619 e. The minimum atomic E-state index is -3.80. The monoisotopic (exact) mass is 800 g/mol. The topological polar surface area (TPSA) is 168 Å². The molecule has 5 rings (SSSR count). The molecule has 3 aromatic rings. The van der Waals surface area contributed by atoms with Gasteiger partial charge >= 0.3 is 12.6 Å². The number of pyridine rings is 1. The van der Waals surface area contributed by atoms with Crippen molar-refractivity contribution >= 4 is 56.7 Å². The fourth-order valence-corrected chi connectivity index (χ4v) is 7.05. The Labute approximate surface area is 314 Å². The van der Waals surface area contributed by atoms with E-state index in [4.69, 9.17) is 37.4 Å². The van der Waals surface area contributed by atoms with Gasteiger partial charge in [0.25, 0.3) is 11.8 Å². The highest BCUT2D eigenvalue weighted by Gasteiger charge is 2.38. The molecule has 1 saturated carbocycles. The lowest BCUT2D eigenvalue weighted by Gasteiger charge is -2.23. The maximum atomic E-state index is 13.5. The summed E-state index contributed by atoms with van der Waals surface area (Å²) in [7, 11) is -2.26. The molecule has 0 bridgehead atoms. The summed E-state index contributed by atoms with van der Waals surface area (Å²) in [5.74, 6) is -2.75. The average Bonchev–Trinajstić information content (AvgIpc) is 3.89. The van der Waals surface area contributed by atoms with Crippen LogP contribution in [-0.2, 0) is 30.7 Å². The zero-order chi connectivity index (χ0) is 38.4. The number of esters is 1. The number of hydrogen-bond donors (Lipinski definition) is 1. The van der Waals surface area contributed by atoms with Gasteiger partial charge in [-0.25, -0.2) is 8.42 Å². The van der Waals surface area contributed by atoms with Gasteiger partial charge in [0.05, 0.1) is 36.3 Å². The molecule has 0 saturated heterocycles. The lowest BCUT2D eigenvalue weighted by Crippen LogP contribution is -2.37. The molecule has 53 heavy (non-hydrogen) atoms. The molecule has 2 amide bonds. The van der Waals surface area contributed by atoms with Crippen LogP contribution in [0.3, 0.4) is 0 Å². The highest BCUT2D eigenvalue weighted by Crippen LogP contribution is 2.38. The maximum Gasteiger partial charge on any atom is 0.387 e. The predicted octanol–water partition coefficient (Wildman–Crippen LogP) is 4.14. The van der Waals surface area contributed by atoms with Gasteiger partial charge in [0.2, 0.25) is 10.0 Å². The number of halogens is 4. The number of anilines is 1. The Hall–Kier alpha value is -4.29. The van der Waals surface area contributed by atoms with E-state index in [1.807, 2.05) is 0 Å². The molecule has 14 nitrogen and oxygen atoms in total. The van der Waals surface area contributed by atoms with Crippen LogP contribution in [0.2, 0.25) is 10.0 Å². The summed E-state index contributed by atoms with van der Waals surface area (Å²) >= 11 is 12.7. The molecule has 1 aliphatic heterocycles. The van der Waals surface area contributed by atoms with E-state index in [0.717, 1.165) is 35.8 Å². The van der Waals surface area contributed by atoms with E-state index in [9.17, 15) is 36.8 Å². The summed E-state index contributed by atoms with van der Waals surface area (Å²) in [6, 6.07) is 7.92. The molecule has 2 aromatic carbocycles. The highest BCUT2D eigenvalue weighted by molar-refractivity contribution is 7.92. The number of nitrogens with zero attached hydrogens (tertiary/aromatic N) is 3. The summed E-state index contributed by atoms with van der Waals surface area (Å²) in [4.78, 5) is 41.0. The molecular weight excluding hydrogens is 765 g/mol. The SMILES string of the molecule is COCCNCCN(c1ccc2c(c1)C(=O)N(CC(=O)O[C@@H](Cc1c(Cl)c[n+]([O-])cc1Cl)c1ccc(OC(F)F)c(OCC3CC3)c1)C2=O)S(C)(=O)=O. The van der Waals surface area contributed by atoms with E-state index in [1.54, 1.807) is 0 Å². The van der Waals surface area contributed by atoms with Crippen molar-refractivity contribution in [2.75, 3.05) is 57.1 Å². The van der Waals surface area contributed by atoms with Crippen LogP contribution in [-0.4, -0.2) is 90.5 Å². The second kappa shape index (κ2) is 17.2. The molecule has 0 unspecified atom stereocenters. The Bertz CT molecular complexity index is 1950. The Kier molecular flexibility index (Phi) is 13.0. The summed E-state index contributed by atoms with van der Waals surface area (Å²) in [5, 5.41) is 14.8. The first-order valence-electron chi connectivity index (χ1n) is 16.3. The van der Waals surface area contributed by atoms with Crippen LogP contribution in [0.25, 0.3) is 0 Å². The number of alkyl halides is 2. The molecule has 0 radical (unpaired) electrons. The van der Waals surface area contributed by atoms with Crippen LogP contribution in [0, 0.1) is 11.1 Å². The third kappa shape index (κ3) is 10.2. The smallest absolute Gasteiger partial charge is 0.387 e. The second-order valence-corrected chi connectivity index (χ2v) is 15.0. The van der Waals surface area contributed by atoms with Crippen molar-refractivity contribution in [3.63, 3.8) is 0 Å². The number of fused-ring (bicyclic) bond motifs is 1. The van der Waals surface area contributed by atoms with Gasteiger partial charge in [-0.1, -0.05) is 29.3 Å². The van der Waals surface area contributed by atoms with Crippen molar-refractivity contribution in [3.8, 4) is 11.5 Å². The molecule has 0 spiro atoms. The quantitative estimate of drug-likeness (QED) is 0.0609. The lowest BCUT2D eigenvalue weighted by molar-refractivity contribution is -0.605. The number of methoxy groups -OCH3 is 1. The van der Waals surface area contributed by atoms with Crippen molar-refractivity contribution in [2.45, 2.75) is 32.0 Å². The zero-order valence-corrected chi connectivity index (χ0v) is 30.9. The molecular formula is C34H36Cl2F2N4O10S. The van der Waals surface area contributed by atoms with Gasteiger partial charge < -0.3 is 29.5 Å². The highest BCUT2D eigenvalue weighted by atomic mass is 35.5. The van der Waals surface area contributed by atoms with Crippen LogP contribution < -0.4 is 23.8 Å². The first kappa shape index (κ1) is 39.9. The number of rotatable bonds is 19. The summed E-state index contributed by atoms with van der Waals surface area (Å²) in [6.45, 7) is -2.56. The Morgan fingerprint density at radius 3 is 2.40 bits per heavy atom. The first-order chi connectivity index (χ1) is 25.2. The summed E-state index contributed by atoms with van der Waals surface area (Å²) in [5.41, 5.74) is 0.431. The molecule has 1 fully saturated rings. The first-order valence-corrected chi connectivity index (χ1v) is 18.9. The normalized spacial score (nSPS) is 14.7. The van der Waals surface area contributed by atoms with E-state index in [2.05, 4.69) is 10.1 Å². The number of carbonyl (C=O) groups excluding carboxylic acids is 3. The fraction of sp³-hybridized carbons (Fsp3) is 0.412. The second-order valence-electron chi connectivity index (χ2n) is 12.3. The minimum absolute atomic E-state index is 0.0216. The van der Waals surface area contributed by atoms with E-state index in [0.29, 0.717) is 22.8 Å². The largest absolute Gasteiger partial charge is 0.619 e. The lowest BCUT2D eigenvalue weighted by atomic mass is 10.0. The molecule has 2 aliphatic rings. The van der Waals surface area contributed by atoms with Crippen molar-refractivity contribution in [1.82, 2.24) is 10.2 Å².